The summed E-state index contributed by atoms with van der Waals surface area (Å²) in [7, 11) is 0. The zero-order valence-corrected chi connectivity index (χ0v) is 10.5. The van der Waals surface area contributed by atoms with E-state index in [1.807, 2.05) is 0 Å². The number of hydrogen-bond acceptors (Lipinski definition) is 6. The van der Waals surface area contributed by atoms with Crippen LogP contribution in [0.15, 0.2) is 0 Å². The van der Waals surface area contributed by atoms with Crippen molar-refractivity contribution >= 4 is 11.9 Å². The van der Waals surface area contributed by atoms with Crippen molar-refractivity contribution in [3.8, 4) is 0 Å². The van der Waals surface area contributed by atoms with E-state index in [1.54, 1.807) is 13.8 Å². The quantitative estimate of drug-likeness (QED) is 0.383. The van der Waals surface area contributed by atoms with Crippen LogP contribution in [-0.4, -0.2) is 36.1 Å². The van der Waals surface area contributed by atoms with Gasteiger partial charge >= 0.3 is 18.0 Å². The second kappa shape index (κ2) is 5.79. The van der Waals surface area contributed by atoms with Crippen LogP contribution >= 0.6 is 0 Å². The van der Waals surface area contributed by atoms with Gasteiger partial charge in [0.05, 0.1) is 25.0 Å². The van der Waals surface area contributed by atoms with Crippen molar-refractivity contribution in [1.82, 2.24) is 0 Å². The van der Waals surface area contributed by atoms with Crippen LogP contribution in [-0.2, 0) is 19.1 Å². The van der Waals surface area contributed by atoms with Crippen molar-refractivity contribution in [1.29, 1.82) is 0 Å². The Labute approximate surface area is 105 Å². The molecule has 0 N–H and O–H groups in total. The van der Waals surface area contributed by atoms with Crippen LogP contribution in [0.4, 0.5) is 0 Å². The molecule has 7 heteroatoms. The van der Waals surface area contributed by atoms with Crippen LogP contribution in [0.3, 0.4) is 0 Å². The van der Waals surface area contributed by atoms with E-state index < -0.39 is 28.3 Å². The molecule has 0 aromatic heterocycles. The Bertz CT molecular complexity index is 349. The third-order valence-corrected chi connectivity index (χ3v) is 2.99. The third kappa shape index (κ3) is 3.18. The maximum atomic E-state index is 11.6. The van der Waals surface area contributed by atoms with Crippen LogP contribution in [0.1, 0.15) is 33.1 Å². The summed E-state index contributed by atoms with van der Waals surface area (Å²) in [6, 6.07) is -1.47. The number of rotatable bonds is 7. The van der Waals surface area contributed by atoms with Crippen molar-refractivity contribution in [3.63, 3.8) is 0 Å². The van der Waals surface area contributed by atoms with Gasteiger partial charge in [0.25, 0.3) is 0 Å². The average Bonchev–Trinajstić information content (AvgIpc) is 2.98. The highest BCUT2D eigenvalue weighted by atomic mass is 16.6. The van der Waals surface area contributed by atoms with E-state index in [0.717, 1.165) is 0 Å². The largest absolute Gasteiger partial charge is 0.466 e. The van der Waals surface area contributed by atoms with Gasteiger partial charge in [-0.15, -0.1) is 0 Å². The molecule has 1 aliphatic rings. The summed E-state index contributed by atoms with van der Waals surface area (Å²) in [5.41, 5.74) is -0.915. The van der Waals surface area contributed by atoms with E-state index in [1.165, 1.54) is 0 Å². The summed E-state index contributed by atoms with van der Waals surface area (Å²) >= 11 is 0. The molecule has 0 saturated heterocycles. The second-order valence-corrected chi connectivity index (χ2v) is 4.28. The molecule has 1 aliphatic carbocycles. The number of nitrogens with zero attached hydrogens (tertiary/aromatic N) is 1. The number of hydrogen-bond donors (Lipinski definition) is 0. The normalized spacial score (nSPS) is 17.7. The van der Waals surface area contributed by atoms with Gasteiger partial charge in [-0.2, -0.15) is 0 Å². The zero-order chi connectivity index (χ0) is 13.8. The first kappa shape index (κ1) is 14.4. The lowest BCUT2D eigenvalue weighted by molar-refractivity contribution is -0.523. The number of carbonyl (C=O) groups excluding carboxylic acids is 2. The Hall–Kier alpha value is -1.66. The Balaban J connectivity index is 2.76. The third-order valence-electron chi connectivity index (χ3n) is 2.99. The molecule has 0 spiro atoms. The Kier molecular flexibility index (Phi) is 4.63. The molecule has 7 nitrogen and oxygen atoms in total. The van der Waals surface area contributed by atoms with Gasteiger partial charge in [0, 0.05) is 4.92 Å². The Morgan fingerprint density at radius 3 is 2.22 bits per heavy atom. The molecule has 0 amide bonds. The SMILES string of the molecule is CCOC(=O)CC1(C(C(=O)OCC)[N+](=O)[O-])CC1. The minimum absolute atomic E-state index is 0.0820. The standard InChI is InChI=1S/C11H17NO6/c1-3-17-8(13)7-11(5-6-11)9(12(15)16)10(14)18-4-2/h9H,3-7H2,1-2H3. The average molecular weight is 259 g/mol. The number of carbonyl (C=O) groups is 2. The predicted octanol–water partition coefficient (Wildman–Crippen LogP) is 0.928. The van der Waals surface area contributed by atoms with Crippen molar-refractivity contribution in [2.24, 2.45) is 5.41 Å². The fourth-order valence-electron chi connectivity index (χ4n) is 1.99. The number of ether oxygens (including phenoxy) is 2. The van der Waals surface area contributed by atoms with Crippen LogP contribution in [0.5, 0.6) is 0 Å². The van der Waals surface area contributed by atoms with Crippen LogP contribution in [0.25, 0.3) is 0 Å². The maximum Gasteiger partial charge on any atom is 0.382 e. The summed E-state index contributed by atoms with van der Waals surface area (Å²) in [5, 5.41) is 11.0. The van der Waals surface area contributed by atoms with E-state index in [2.05, 4.69) is 0 Å². The van der Waals surface area contributed by atoms with Crippen LogP contribution in [0.2, 0.25) is 0 Å². The maximum absolute atomic E-state index is 11.6. The molecule has 0 radical (unpaired) electrons. The first-order valence-corrected chi connectivity index (χ1v) is 5.92. The smallest absolute Gasteiger partial charge is 0.382 e. The van der Waals surface area contributed by atoms with Gasteiger partial charge < -0.3 is 9.47 Å². The zero-order valence-electron chi connectivity index (χ0n) is 10.5. The molecule has 0 aliphatic heterocycles. The molecule has 102 valence electrons. The monoisotopic (exact) mass is 259 g/mol. The van der Waals surface area contributed by atoms with Gasteiger partial charge in [-0.25, -0.2) is 4.79 Å². The highest BCUT2D eigenvalue weighted by Crippen LogP contribution is 2.53. The van der Waals surface area contributed by atoms with Crippen LogP contribution in [0, 0.1) is 15.5 Å². The molecule has 0 aromatic carbocycles. The summed E-state index contributed by atoms with van der Waals surface area (Å²) in [4.78, 5) is 33.3. The molecule has 1 fully saturated rings. The topological polar surface area (TPSA) is 95.7 Å². The van der Waals surface area contributed by atoms with Gasteiger partial charge in [0.2, 0.25) is 0 Å². The first-order valence-electron chi connectivity index (χ1n) is 5.92. The lowest BCUT2D eigenvalue weighted by Crippen LogP contribution is -2.41. The van der Waals surface area contributed by atoms with Gasteiger partial charge in [0.1, 0.15) is 0 Å². The van der Waals surface area contributed by atoms with E-state index in [0.29, 0.717) is 12.8 Å². The minimum atomic E-state index is -1.47. The van der Waals surface area contributed by atoms with Gasteiger partial charge in [-0.3, -0.25) is 14.9 Å². The molecule has 1 unspecified atom stereocenters. The molecular formula is C11H17NO6. The molecule has 18 heavy (non-hydrogen) atoms. The Morgan fingerprint density at radius 1 is 1.28 bits per heavy atom. The minimum Gasteiger partial charge on any atom is -0.466 e. The van der Waals surface area contributed by atoms with Crippen molar-refractivity contribution in [3.05, 3.63) is 10.1 Å². The molecular weight excluding hydrogens is 242 g/mol. The Morgan fingerprint density at radius 2 is 1.83 bits per heavy atom. The fraction of sp³-hybridized carbons (Fsp3) is 0.818. The number of esters is 2. The molecule has 0 heterocycles. The van der Waals surface area contributed by atoms with E-state index in [9.17, 15) is 19.7 Å². The fourth-order valence-corrected chi connectivity index (χ4v) is 1.99. The van der Waals surface area contributed by atoms with Crippen molar-refractivity contribution in [2.75, 3.05) is 13.2 Å². The summed E-state index contributed by atoms with van der Waals surface area (Å²) < 4.78 is 9.47. The summed E-state index contributed by atoms with van der Waals surface area (Å²) in [6.07, 6.45) is 0.831. The second-order valence-electron chi connectivity index (χ2n) is 4.28. The summed E-state index contributed by atoms with van der Waals surface area (Å²) in [5.74, 6) is -1.38. The molecule has 1 atom stereocenters. The van der Waals surface area contributed by atoms with Crippen molar-refractivity contribution < 1.29 is 24.0 Å². The first-order chi connectivity index (χ1) is 8.46. The van der Waals surface area contributed by atoms with Gasteiger partial charge in [-0.1, -0.05) is 0 Å². The molecule has 1 saturated carbocycles. The highest BCUT2D eigenvalue weighted by molar-refractivity contribution is 5.78. The van der Waals surface area contributed by atoms with E-state index >= 15 is 0 Å². The van der Waals surface area contributed by atoms with E-state index in [4.69, 9.17) is 9.47 Å². The lowest BCUT2D eigenvalue weighted by Gasteiger charge is -2.17. The van der Waals surface area contributed by atoms with E-state index in [-0.39, 0.29) is 19.6 Å². The summed E-state index contributed by atoms with van der Waals surface area (Å²) in [6.45, 7) is 3.55. The predicted molar refractivity (Wildman–Crippen MR) is 60.3 cm³/mol. The van der Waals surface area contributed by atoms with Crippen molar-refractivity contribution in [2.45, 2.75) is 39.2 Å². The number of nitro groups is 1. The van der Waals surface area contributed by atoms with Crippen LogP contribution < -0.4 is 0 Å². The highest BCUT2D eigenvalue weighted by Gasteiger charge is 2.61. The van der Waals surface area contributed by atoms with Gasteiger partial charge in [-0.05, 0) is 26.7 Å². The van der Waals surface area contributed by atoms with Gasteiger partial charge in [0.15, 0.2) is 0 Å². The molecule has 0 aromatic rings. The molecule has 0 bridgehead atoms. The molecule has 1 rings (SSSR count). The lowest BCUT2D eigenvalue weighted by atomic mass is 9.93.